The van der Waals surface area contributed by atoms with E-state index >= 15 is 0 Å². The number of carbonyl (C=O) groups is 2. The van der Waals surface area contributed by atoms with E-state index in [1.54, 1.807) is 25.1 Å². The summed E-state index contributed by atoms with van der Waals surface area (Å²) in [6, 6.07) is 6.87. The highest BCUT2D eigenvalue weighted by molar-refractivity contribution is 7.92. The molecule has 1 aromatic heterocycles. The van der Waals surface area contributed by atoms with E-state index in [4.69, 9.17) is 0 Å². The Kier molecular flexibility index (Phi) is 6.46. The van der Waals surface area contributed by atoms with E-state index in [0.29, 0.717) is 24.0 Å². The minimum absolute atomic E-state index is 0.0461. The van der Waals surface area contributed by atoms with Crippen molar-refractivity contribution >= 4 is 27.9 Å². The van der Waals surface area contributed by atoms with Crippen LogP contribution in [0.5, 0.6) is 0 Å². The molecule has 7 nitrogen and oxygen atoms in total. The van der Waals surface area contributed by atoms with Gasteiger partial charge in [0.25, 0.3) is 15.9 Å². The molecule has 2 aromatic rings. The molecule has 0 aliphatic carbocycles. The molecular weight excluding hydrogens is 354 g/mol. The summed E-state index contributed by atoms with van der Waals surface area (Å²) in [5.74, 6) is -0.480. The van der Waals surface area contributed by atoms with E-state index in [9.17, 15) is 18.0 Å². The molecule has 0 aliphatic heterocycles. The largest absolute Gasteiger partial charge is 0.343 e. The molecule has 0 aliphatic rings. The molecular formula is C18H21N3O4S. The highest BCUT2D eigenvalue weighted by atomic mass is 32.2. The molecule has 1 atom stereocenters. The maximum Gasteiger partial charge on any atom is 0.261 e. The summed E-state index contributed by atoms with van der Waals surface area (Å²) in [5, 5.41) is 2.62. The molecule has 0 saturated heterocycles. The second kappa shape index (κ2) is 8.57. The van der Waals surface area contributed by atoms with Crippen molar-refractivity contribution in [3.63, 3.8) is 0 Å². The number of aryl methyl sites for hydroxylation is 1. The Morgan fingerprint density at radius 3 is 2.69 bits per heavy atom. The van der Waals surface area contributed by atoms with Crippen LogP contribution in [0.4, 0.5) is 5.69 Å². The number of anilines is 1. The van der Waals surface area contributed by atoms with Crippen LogP contribution in [0, 0.1) is 6.92 Å². The Hall–Kier alpha value is -2.74. The van der Waals surface area contributed by atoms with Gasteiger partial charge in [0.15, 0.2) is 0 Å². The Morgan fingerprint density at radius 1 is 1.31 bits per heavy atom. The molecule has 0 bridgehead atoms. The number of pyridine rings is 1. The van der Waals surface area contributed by atoms with Crippen LogP contribution < -0.4 is 10.0 Å². The third-order valence-electron chi connectivity index (χ3n) is 3.76. The van der Waals surface area contributed by atoms with Gasteiger partial charge in [-0.15, -0.1) is 0 Å². The zero-order chi connectivity index (χ0) is 19.2. The fourth-order valence-electron chi connectivity index (χ4n) is 2.38. The van der Waals surface area contributed by atoms with Crippen LogP contribution in [0.3, 0.4) is 0 Å². The van der Waals surface area contributed by atoms with E-state index in [-0.39, 0.29) is 10.5 Å². The normalized spacial score (nSPS) is 12.2. The molecule has 1 amide bonds. The van der Waals surface area contributed by atoms with Gasteiger partial charge in [-0.25, -0.2) is 8.42 Å². The van der Waals surface area contributed by atoms with Crippen LogP contribution in [0.2, 0.25) is 0 Å². The molecule has 2 rings (SSSR count). The monoisotopic (exact) mass is 375 g/mol. The number of aldehydes is 1. The first kappa shape index (κ1) is 19.6. The fourth-order valence-corrected chi connectivity index (χ4v) is 3.45. The van der Waals surface area contributed by atoms with Crippen molar-refractivity contribution in [1.82, 2.24) is 10.3 Å². The van der Waals surface area contributed by atoms with E-state index < -0.39 is 22.0 Å². The number of rotatable bonds is 8. The zero-order valence-electron chi connectivity index (χ0n) is 14.6. The summed E-state index contributed by atoms with van der Waals surface area (Å²) < 4.78 is 27.5. The van der Waals surface area contributed by atoms with Gasteiger partial charge in [0.1, 0.15) is 6.29 Å². The van der Waals surface area contributed by atoms with Gasteiger partial charge in [-0.3, -0.25) is 14.5 Å². The minimum Gasteiger partial charge on any atom is -0.343 e. The first-order chi connectivity index (χ1) is 12.4. The number of sulfonamides is 1. The lowest BCUT2D eigenvalue weighted by Gasteiger charge is -2.14. The van der Waals surface area contributed by atoms with Crippen molar-refractivity contribution in [2.45, 2.75) is 37.6 Å². The quantitative estimate of drug-likeness (QED) is 0.689. The number of hydrogen-bond acceptors (Lipinski definition) is 5. The molecule has 1 aromatic carbocycles. The molecule has 26 heavy (non-hydrogen) atoms. The zero-order valence-corrected chi connectivity index (χ0v) is 15.4. The number of nitrogens with one attached hydrogen (secondary N) is 2. The highest BCUT2D eigenvalue weighted by Crippen LogP contribution is 2.19. The molecule has 2 N–H and O–H groups in total. The number of carbonyl (C=O) groups excluding carboxylic acids is 2. The number of amides is 1. The minimum atomic E-state index is -3.87. The third-order valence-corrected chi connectivity index (χ3v) is 5.14. The fraction of sp³-hybridized carbons (Fsp3) is 0.278. The highest BCUT2D eigenvalue weighted by Gasteiger charge is 2.20. The summed E-state index contributed by atoms with van der Waals surface area (Å²) >= 11 is 0. The Morgan fingerprint density at radius 2 is 2.08 bits per heavy atom. The van der Waals surface area contributed by atoms with Crippen LogP contribution in [-0.2, 0) is 14.8 Å². The summed E-state index contributed by atoms with van der Waals surface area (Å²) in [6.07, 6.45) is 4.87. The maximum atomic E-state index is 12.5. The SMILES string of the molecule is CCCC(C=O)NC(=O)c1cc(S(=O)(=O)Nc2cccnc2)ccc1C. The number of nitrogens with zero attached hydrogens (tertiary/aromatic N) is 1. The predicted octanol–water partition coefficient (Wildman–Crippen LogP) is 2.29. The van der Waals surface area contributed by atoms with E-state index in [1.165, 1.54) is 24.5 Å². The van der Waals surface area contributed by atoms with Gasteiger partial charge in [0.05, 0.1) is 22.8 Å². The van der Waals surface area contributed by atoms with Gasteiger partial charge in [0.2, 0.25) is 0 Å². The molecule has 0 radical (unpaired) electrons. The van der Waals surface area contributed by atoms with Crippen LogP contribution in [-0.4, -0.2) is 31.6 Å². The summed E-state index contributed by atoms with van der Waals surface area (Å²) in [6.45, 7) is 3.61. The van der Waals surface area contributed by atoms with Gasteiger partial charge in [-0.2, -0.15) is 0 Å². The Labute approximate surface area is 152 Å². The van der Waals surface area contributed by atoms with E-state index in [0.717, 1.165) is 6.42 Å². The van der Waals surface area contributed by atoms with Gasteiger partial charge in [-0.05, 0) is 43.2 Å². The smallest absolute Gasteiger partial charge is 0.261 e. The predicted molar refractivity (Wildman–Crippen MR) is 98.5 cm³/mol. The van der Waals surface area contributed by atoms with Crippen LogP contribution in [0.15, 0.2) is 47.6 Å². The third kappa shape index (κ3) is 4.89. The van der Waals surface area contributed by atoms with Crippen molar-refractivity contribution < 1.29 is 18.0 Å². The van der Waals surface area contributed by atoms with Crippen molar-refractivity contribution in [2.75, 3.05) is 4.72 Å². The summed E-state index contributed by atoms with van der Waals surface area (Å²) in [7, 11) is -3.87. The average molecular weight is 375 g/mol. The standard InChI is InChI=1S/C18H21N3O4S/c1-3-5-15(12-22)20-18(23)17-10-16(8-7-13(17)2)26(24,25)21-14-6-4-9-19-11-14/h4,6-12,15,21H,3,5H2,1-2H3,(H,20,23). The molecule has 0 saturated carbocycles. The van der Waals surface area contributed by atoms with Crippen LogP contribution in [0.25, 0.3) is 0 Å². The summed E-state index contributed by atoms with van der Waals surface area (Å²) in [4.78, 5) is 27.3. The van der Waals surface area contributed by atoms with E-state index in [2.05, 4.69) is 15.0 Å². The molecule has 1 unspecified atom stereocenters. The lowest BCUT2D eigenvalue weighted by atomic mass is 10.1. The number of benzene rings is 1. The van der Waals surface area contributed by atoms with Crippen LogP contribution in [0.1, 0.15) is 35.7 Å². The lowest BCUT2D eigenvalue weighted by Crippen LogP contribution is -2.36. The number of hydrogen-bond donors (Lipinski definition) is 2. The second-order valence-corrected chi connectivity index (χ2v) is 7.51. The Bertz CT molecular complexity index is 883. The molecule has 0 spiro atoms. The molecule has 1 heterocycles. The van der Waals surface area contributed by atoms with Crippen molar-refractivity contribution in [3.8, 4) is 0 Å². The van der Waals surface area contributed by atoms with Gasteiger partial charge in [0, 0.05) is 11.8 Å². The second-order valence-electron chi connectivity index (χ2n) is 5.83. The molecule has 0 fully saturated rings. The van der Waals surface area contributed by atoms with Gasteiger partial charge >= 0.3 is 0 Å². The average Bonchev–Trinajstić information content (AvgIpc) is 2.61. The molecule has 8 heteroatoms. The van der Waals surface area contributed by atoms with Gasteiger partial charge in [-0.1, -0.05) is 19.4 Å². The van der Waals surface area contributed by atoms with Crippen molar-refractivity contribution in [1.29, 1.82) is 0 Å². The first-order valence-electron chi connectivity index (χ1n) is 8.17. The first-order valence-corrected chi connectivity index (χ1v) is 9.65. The molecule has 138 valence electrons. The topological polar surface area (TPSA) is 105 Å². The van der Waals surface area contributed by atoms with Crippen molar-refractivity contribution in [3.05, 3.63) is 53.9 Å². The van der Waals surface area contributed by atoms with Gasteiger partial charge < -0.3 is 10.1 Å². The lowest BCUT2D eigenvalue weighted by molar-refractivity contribution is -0.109. The summed E-state index contributed by atoms with van der Waals surface area (Å²) in [5.41, 5.74) is 1.15. The maximum absolute atomic E-state index is 12.5. The van der Waals surface area contributed by atoms with Crippen molar-refractivity contribution in [2.24, 2.45) is 0 Å². The van der Waals surface area contributed by atoms with Crippen LogP contribution >= 0.6 is 0 Å². The van der Waals surface area contributed by atoms with E-state index in [1.807, 2.05) is 6.92 Å². The number of aromatic nitrogens is 1. The Balaban J connectivity index is 2.28.